The number of hydrogen-bond acceptors (Lipinski definition) is 1. The average molecular weight is 257 g/mol. The molecule has 0 bridgehead atoms. The monoisotopic (exact) mass is 257 g/mol. The second-order valence-electron chi connectivity index (χ2n) is 5.77. The standard InChI is InChI=1S/C16H21N.C2H6/c1-11-13-9-7-8-10-14(13)17(6)12(2)15(11)16(3,4)5;1-2/h7-10H,1H2,2-6H3;1-2H3. The minimum atomic E-state index is 0.128. The van der Waals surface area contributed by atoms with Gasteiger partial charge >= 0.3 is 0 Å². The fourth-order valence-electron chi connectivity index (χ4n) is 2.72. The van der Waals surface area contributed by atoms with Gasteiger partial charge in [-0.3, -0.25) is 0 Å². The molecule has 0 saturated heterocycles. The predicted molar refractivity (Wildman–Crippen MR) is 87.4 cm³/mol. The van der Waals surface area contributed by atoms with E-state index >= 15 is 0 Å². The quantitative estimate of drug-likeness (QED) is 0.593. The Morgan fingerprint density at radius 2 is 1.58 bits per heavy atom. The summed E-state index contributed by atoms with van der Waals surface area (Å²) in [6, 6.07) is 8.48. The summed E-state index contributed by atoms with van der Waals surface area (Å²) >= 11 is 0. The number of allylic oxidation sites excluding steroid dienone is 3. The molecule has 0 amide bonds. The van der Waals surface area contributed by atoms with E-state index in [0.29, 0.717) is 0 Å². The van der Waals surface area contributed by atoms with Crippen LogP contribution in [-0.4, -0.2) is 7.05 Å². The number of anilines is 1. The zero-order valence-electron chi connectivity index (χ0n) is 13.5. The van der Waals surface area contributed by atoms with Crippen molar-refractivity contribution in [3.8, 4) is 0 Å². The van der Waals surface area contributed by atoms with Gasteiger partial charge in [-0.1, -0.05) is 59.4 Å². The molecule has 1 nitrogen and oxygen atoms in total. The minimum absolute atomic E-state index is 0.128. The number of rotatable bonds is 0. The van der Waals surface area contributed by atoms with Gasteiger partial charge in [0.2, 0.25) is 0 Å². The first-order chi connectivity index (χ1) is 8.84. The number of fused-ring (bicyclic) bond motifs is 1. The molecule has 0 spiro atoms. The Morgan fingerprint density at radius 1 is 1.05 bits per heavy atom. The lowest BCUT2D eigenvalue weighted by Crippen LogP contribution is -2.27. The molecule has 0 atom stereocenters. The molecule has 0 aromatic heterocycles. The lowest BCUT2D eigenvalue weighted by molar-refractivity contribution is 0.513. The summed E-state index contributed by atoms with van der Waals surface area (Å²) in [5.74, 6) is 0. The molecule has 1 heteroatoms. The third-order valence-corrected chi connectivity index (χ3v) is 3.51. The molecule has 1 aromatic carbocycles. The number of hydrogen-bond donors (Lipinski definition) is 0. The van der Waals surface area contributed by atoms with Crippen molar-refractivity contribution in [1.82, 2.24) is 0 Å². The van der Waals surface area contributed by atoms with E-state index in [4.69, 9.17) is 0 Å². The summed E-state index contributed by atoms with van der Waals surface area (Å²) in [5, 5.41) is 0. The van der Waals surface area contributed by atoms with Crippen molar-refractivity contribution < 1.29 is 0 Å². The fourth-order valence-corrected chi connectivity index (χ4v) is 2.72. The summed E-state index contributed by atoms with van der Waals surface area (Å²) in [4.78, 5) is 2.27. The van der Waals surface area contributed by atoms with E-state index in [9.17, 15) is 0 Å². The summed E-state index contributed by atoms with van der Waals surface area (Å²) in [5.41, 5.74) is 6.47. The smallest absolute Gasteiger partial charge is 0.0485 e. The van der Waals surface area contributed by atoms with Gasteiger partial charge in [-0.15, -0.1) is 0 Å². The largest absolute Gasteiger partial charge is 0.348 e. The van der Waals surface area contributed by atoms with Crippen LogP contribution in [-0.2, 0) is 0 Å². The van der Waals surface area contributed by atoms with Crippen LogP contribution in [0.2, 0.25) is 0 Å². The van der Waals surface area contributed by atoms with Crippen molar-refractivity contribution in [2.75, 3.05) is 11.9 Å². The van der Waals surface area contributed by atoms with Crippen molar-refractivity contribution >= 4 is 11.3 Å². The van der Waals surface area contributed by atoms with Crippen molar-refractivity contribution in [1.29, 1.82) is 0 Å². The second kappa shape index (κ2) is 5.64. The van der Waals surface area contributed by atoms with E-state index < -0.39 is 0 Å². The van der Waals surface area contributed by atoms with E-state index in [-0.39, 0.29) is 5.41 Å². The third kappa shape index (κ3) is 2.75. The van der Waals surface area contributed by atoms with Crippen LogP contribution >= 0.6 is 0 Å². The molecule has 0 unspecified atom stereocenters. The Labute approximate surface area is 118 Å². The maximum Gasteiger partial charge on any atom is 0.0485 e. The van der Waals surface area contributed by atoms with Crippen LogP contribution in [0.25, 0.3) is 5.57 Å². The van der Waals surface area contributed by atoms with Gasteiger partial charge in [0, 0.05) is 24.0 Å². The molecule has 2 rings (SSSR count). The maximum atomic E-state index is 4.30. The molecule has 1 aliphatic rings. The molecule has 1 aromatic rings. The van der Waals surface area contributed by atoms with Crippen LogP contribution in [0.15, 0.2) is 42.1 Å². The minimum Gasteiger partial charge on any atom is -0.348 e. The van der Waals surface area contributed by atoms with Crippen molar-refractivity contribution in [2.24, 2.45) is 5.41 Å². The van der Waals surface area contributed by atoms with E-state index in [2.05, 4.69) is 70.5 Å². The highest BCUT2D eigenvalue weighted by Gasteiger charge is 2.29. The first-order valence-corrected chi connectivity index (χ1v) is 7.08. The van der Waals surface area contributed by atoms with Crippen molar-refractivity contribution in [3.63, 3.8) is 0 Å². The fraction of sp³-hybridized carbons (Fsp3) is 0.444. The highest BCUT2D eigenvalue weighted by Crippen LogP contribution is 2.45. The van der Waals surface area contributed by atoms with Gasteiger partial charge in [-0.2, -0.15) is 0 Å². The van der Waals surface area contributed by atoms with Crippen LogP contribution < -0.4 is 4.90 Å². The SMILES string of the molecule is C=C1C(C(C)(C)C)=C(C)N(C)c2ccccc21.CC. The molecule has 19 heavy (non-hydrogen) atoms. The molecule has 0 fully saturated rings. The van der Waals surface area contributed by atoms with Gasteiger partial charge in [0.15, 0.2) is 0 Å². The van der Waals surface area contributed by atoms with Gasteiger partial charge in [0.05, 0.1) is 0 Å². The molecule has 104 valence electrons. The van der Waals surface area contributed by atoms with E-state index in [1.54, 1.807) is 0 Å². The first kappa shape index (κ1) is 15.6. The van der Waals surface area contributed by atoms with Crippen LogP contribution in [0.4, 0.5) is 5.69 Å². The van der Waals surface area contributed by atoms with Gasteiger partial charge in [0.25, 0.3) is 0 Å². The second-order valence-corrected chi connectivity index (χ2v) is 5.77. The number of nitrogens with zero attached hydrogens (tertiary/aromatic N) is 1. The molecule has 0 aliphatic carbocycles. The summed E-state index contributed by atoms with van der Waals surface area (Å²) in [7, 11) is 2.13. The third-order valence-electron chi connectivity index (χ3n) is 3.51. The van der Waals surface area contributed by atoms with Gasteiger partial charge in [-0.25, -0.2) is 0 Å². The Hall–Kier alpha value is -1.50. The first-order valence-electron chi connectivity index (χ1n) is 7.08. The Bertz CT molecular complexity index is 501. The summed E-state index contributed by atoms with van der Waals surface area (Å²) < 4.78 is 0. The number of para-hydroxylation sites is 1. The van der Waals surface area contributed by atoms with Crippen LogP contribution in [0.1, 0.15) is 47.1 Å². The van der Waals surface area contributed by atoms with Crippen molar-refractivity contribution in [2.45, 2.75) is 41.5 Å². The normalized spacial score (nSPS) is 14.9. The topological polar surface area (TPSA) is 3.24 Å². The molecule has 0 radical (unpaired) electrons. The maximum absolute atomic E-state index is 4.30. The molecule has 1 heterocycles. The van der Waals surface area contributed by atoms with Gasteiger partial charge in [-0.05, 0) is 29.6 Å². The molecule has 0 N–H and O–H groups in total. The summed E-state index contributed by atoms with van der Waals surface area (Å²) in [6.45, 7) is 17.2. The highest BCUT2D eigenvalue weighted by atomic mass is 15.1. The lowest BCUT2D eigenvalue weighted by atomic mass is 9.76. The summed E-state index contributed by atoms with van der Waals surface area (Å²) in [6.07, 6.45) is 0. The molecular formula is C18H27N. The average Bonchev–Trinajstić information content (AvgIpc) is 2.37. The van der Waals surface area contributed by atoms with Crippen LogP contribution in [0.5, 0.6) is 0 Å². The molecular weight excluding hydrogens is 230 g/mol. The van der Waals surface area contributed by atoms with Gasteiger partial charge in [0.1, 0.15) is 0 Å². The van der Waals surface area contributed by atoms with E-state index in [0.717, 1.165) is 0 Å². The van der Waals surface area contributed by atoms with Gasteiger partial charge < -0.3 is 4.90 Å². The zero-order valence-corrected chi connectivity index (χ0v) is 13.5. The van der Waals surface area contributed by atoms with Crippen LogP contribution in [0, 0.1) is 5.41 Å². The lowest BCUT2D eigenvalue weighted by Gasteiger charge is -2.37. The highest BCUT2D eigenvalue weighted by molar-refractivity contribution is 5.90. The van der Waals surface area contributed by atoms with E-state index in [1.807, 2.05) is 13.8 Å². The zero-order chi connectivity index (χ0) is 14.8. The predicted octanol–water partition coefficient (Wildman–Crippen LogP) is 5.50. The van der Waals surface area contributed by atoms with Crippen molar-refractivity contribution in [3.05, 3.63) is 47.7 Å². The van der Waals surface area contributed by atoms with E-state index in [1.165, 1.54) is 28.1 Å². The van der Waals surface area contributed by atoms with Crippen LogP contribution in [0.3, 0.4) is 0 Å². The number of benzene rings is 1. The molecule has 0 saturated carbocycles. The Kier molecular flexibility index (Phi) is 4.62. The Morgan fingerprint density at radius 3 is 2.11 bits per heavy atom. The molecule has 1 aliphatic heterocycles. The Balaban J connectivity index is 0.000000861.